The van der Waals surface area contributed by atoms with Gasteiger partial charge in [0.05, 0.1) is 13.2 Å². The average Bonchev–Trinajstić information content (AvgIpc) is 3.36. The highest BCUT2D eigenvalue weighted by Gasteiger charge is 2.26. The molecule has 416 valence electrons. The van der Waals surface area contributed by atoms with Crippen LogP contribution in [0.1, 0.15) is 296 Å². The second-order valence-corrected chi connectivity index (χ2v) is 21.7. The number of phosphoric acid groups is 1. The average molecular weight is 1020 g/mol. The van der Waals surface area contributed by atoms with E-state index < -0.39 is 26.5 Å². The summed E-state index contributed by atoms with van der Waals surface area (Å²) >= 11 is 0. The number of allylic oxidation sites excluding steroid dienone is 8. The molecule has 0 saturated carbocycles. The van der Waals surface area contributed by atoms with E-state index in [0.29, 0.717) is 6.42 Å². The summed E-state index contributed by atoms with van der Waals surface area (Å²) in [6.07, 6.45) is 70.2. The molecule has 2 atom stereocenters. The van der Waals surface area contributed by atoms with Gasteiger partial charge in [0, 0.05) is 19.4 Å². The minimum atomic E-state index is -4.39. The third-order valence-electron chi connectivity index (χ3n) is 13.2. The van der Waals surface area contributed by atoms with Crippen LogP contribution in [-0.4, -0.2) is 49.3 Å². The third-order valence-corrected chi connectivity index (χ3v) is 14.2. The molecule has 0 fully saturated rings. The van der Waals surface area contributed by atoms with E-state index in [0.717, 1.165) is 51.4 Å². The standard InChI is InChI=1S/C61H114NO8P/c1-3-5-7-9-11-13-15-17-19-21-23-25-27-28-29-30-32-34-36-38-40-42-44-46-48-50-52-54-61(64)70-59(58-69-71(65,66)68-56-55-62)57-67-60(63)53-51-49-47-45-43-41-39-37-35-33-31-26-24-22-20-18-16-14-12-10-8-6-4-2/h15,17,21-24,27-28,59H,3-14,16,18-20,25-26,29-58,62H2,1-2H3,(H,65,66)/b17-15-,23-21-,24-22-,28-27-. The lowest BCUT2D eigenvalue weighted by molar-refractivity contribution is -0.161. The molecule has 10 heteroatoms. The number of ether oxygens (including phenoxy) is 2. The molecule has 0 aliphatic heterocycles. The maximum Gasteiger partial charge on any atom is 0.472 e. The molecular formula is C61H114NO8P. The second-order valence-electron chi connectivity index (χ2n) is 20.2. The fourth-order valence-electron chi connectivity index (χ4n) is 8.70. The van der Waals surface area contributed by atoms with Gasteiger partial charge in [0.25, 0.3) is 0 Å². The van der Waals surface area contributed by atoms with Gasteiger partial charge in [-0.05, 0) is 77.0 Å². The molecule has 0 radical (unpaired) electrons. The van der Waals surface area contributed by atoms with Crippen molar-refractivity contribution in [1.82, 2.24) is 0 Å². The highest BCUT2D eigenvalue weighted by molar-refractivity contribution is 7.47. The van der Waals surface area contributed by atoms with Gasteiger partial charge in [0.1, 0.15) is 6.61 Å². The molecule has 2 unspecified atom stereocenters. The van der Waals surface area contributed by atoms with Gasteiger partial charge in [-0.2, -0.15) is 0 Å². The Morgan fingerprint density at radius 2 is 0.732 bits per heavy atom. The van der Waals surface area contributed by atoms with E-state index >= 15 is 0 Å². The van der Waals surface area contributed by atoms with E-state index in [9.17, 15) is 19.0 Å². The van der Waals surface area contributed by atoms with E-state index in [4.69, 9.17) is 24.3 Å². The van der Waals surface area contributed by atoms with E-state index in [2.05, 4.69) is 62.5 Å². The summed E-state index contributed by atoms with van der Waals surface area (Å²) in [6, 6.07) is 0. The molecule has 9 nitrogen and oxygen atoms in total. The third kappa shape index (κ3) is 57.1. The number of carbonyl (C=O) groups excluding carboxylic acids is 2. The minimum Gasteiger partial charge on any atom is -0.462 e. The predicted octanol–water partition coefficient (Wildman–Crippen LogP) is 19.0. The van der Waals surface area contributed by atoms with Crippen molar-refractivity contribution in [3.63, 3.8) is 0 Å². The normalized spacial score (nSPS) is 13.4. The van der Waals surface area contributed by atoms with Crippen molar-refractivity contribution in [2.45, 2.75) is 302 Å². The van der Waals surface area contributed by atoms with Crippen molar-refractivity contribution in [2.75, 3.05) is 26.4 Å². The number of esters is 2. The molecule has 0 aliphatic carbocycles. The van der Waals surface area contributed by atoms with E-state index in [1.807, 2.05) is 0 Å². The van der Waals surface area contributed by atoms with Crippen molar-refractivity contribution >= 4 is 19.8 Å². The summed E-state index contributed by atoms with van der Waals surface area (Å²) in [6.45, 7) is 3.77. The lowest BCUT2D eigenvalue weighted by Crippen LogP contribution is -2.29. The van der Waals surface area contributed by atoms with Gasteiger partial charge in [-0.3, -0.25) is 18.6 Å². The first-order valence-electron chi connectivity index (χ1n) is 30.1. The van der Waals surface area contributed by atoms with Gasteiger partial charge in [-0.1, -0.05) is 255 Å². The highest BCUT2D eigenvalue weighted by Crippen LogP contribution is 2.43. The molecule has 0 aromatic carbocycles. The van der Waals surface area contributed by atoms with Crippen LogP contribution in [0.5, 0.6) is 0 Å². The lowest BCUT2D eigenvalue weighted by Gasteiger charge is -2.19. The Bertz CT molecular complexity index is 1300. The number of nitrogens with two attached hydrogens (primary N) is 1. The molecule has 0 spiro atoms. The van der Waals surface area contributed by atoms with Crippen molar-refractivity contribution in [3.8, 4) is 0 Å². The van der Waals surface area contributed by atoms with Crippen LogP contribution < -0.4 is 5.73 Å². The van der Waals surface area contributed by atoms with Crippen LogP contribution in [0, 0.1) is 0 Å². The SMILES string of the molecule is CCCCCCC/C=C\C/C=C\C/C=C\CCCCCCCCCCCCCCC(=O)OC(COC(=O)CCCCCCCCCCCCC/C=C\CCCCCCCCCC)COP(=O)(O)OCCN. The molecule has 0 saturated heterocycles. The minimum absolute atomic E-state index is 0.0530. The summed E-state index contributed by atoms with van der Waals surface area (Å²) in [5, 5.41) is 0. The zero-order valence-corrected chi connectivity index (χ0v) is 47.4. The topological polar surface area (TPSA) is 134 Å². The molecular weight excluding hydrogens is 906 g/mol. The highest BCUT2D eigenvalue weighted by atomic mass is 31.2. The number of carbonyl (C=O) groups is 2. The maximum absolute atomic E-state index is 12.7. The van der Waals surface area contributed by atoms with Gasteiger partial charge >= 0.3 is 19.8 Å². The number of rotatable bonds is 57. The molecule has 0 amide bonds. The summed E-state index contributed by atoms with van der Waals surface area (Å²) in [5.41, 5.74) is 5.39. The lowest BCUT2D eigenvalue weighted by atomic mass is 10.0. The number of hydrogen-bond acceptors (Lipinski definition) is 8. The first-order valence-corrected chi connectivity index (χ1v) is 31.6. The van der Waals surface area contributed by atoms with Crippen molar-refractivity contribution in [2.24, 2.45) is 5.73 Å². The molecule has 71 heavy (non-hydrogen) atoms. The van der Waals surface area contributed by atoms with Crippen LogP contribution in [0.25, 0.3) is 0 Å². The van der Waals surface area contributed by atoms with Crippen LogP contribution in [0.3, 0.4) is 0 Å². The molecule has 0 bridgehead atoms. The van der Waals surface area contributed by atoms with Gasteiger partial charge in [0.15, 0.2) is 6.10 Å². The van der Waals surface area contributed by atoms with Crippen molar-refractivity contribution < 1.29 is 37.6 Å². The summed E-state index contributed by atoms with van der Waals surface area (Å²) < 4.78 is 33.1. The zero-order valence-electron chi connectivity index (χ0n) is 46.5. The molecule has 0 aromatic rings. The van der Waals surface area contributed by atoms with E-state index in [-0.39, 0.29) is 38.6 Å². The summed E-state index contributed by atoms with van der Waals surface area (Å²) in [7, 11) is -4.39. The van der Waals surface area contributed by atoms with Crippen molar-refractivity contribution in [3.05, 3.63) is 48.6 Å². The molecule has 3 N–H and O–H groups in total. The monoisotopic (exact) mass is 1020 g/mol. The van der Waals surface area contributed by atoms with Gasteiger partial charge < -0.3 is 20.1 Å². The Morgan fingerprint density at radius 3 is 1.10 bits per heavy atom. The fraction of sp³-hybridized carbons (Fsp3) is 0.836. The number of phosphoric ester groups is 1. The first kappa shape index (κ1) is 69.0. The molecule has 0 aromatic heterocycles. The Morgan fingerprint density at radius 1 is 0.423 bits per heavy atom. The Kier molecular flexibility index (Phi) is 55.6. The maximum atomic E-state index is 12.7. The van der Waals surface area contributed by atoms with E-state index in [1.165, 1.54) is 212 Å². The Hall–Kier alpha value is -2.03. The van der Waals surface area contributed by atoms with Gasteiger partial charge in [0.2, 0.25) is 0 Å². The zero-order chi connectivity index (χ0) is 51.7. The van der Waals surface area contributed by atoms with Gasteiger partial charge in [-0.25, -0.2) is 4.57 Å². The smallest absolute Gasteiger partial charge is 0.462 e. The summed E-state index contributed by atoms with van der Waals surface area (Å²) in [5.74, 6) is -0.820. The fourth-order valence-corrected chi connectivity index (χ4v) is 9.46. The number of unbranched alkanes of at least 4 members (excludes halogenated alkanes) is 36. The number of hydrogen-bond donors (Lipinski definition) is 2. The quantitative estimate of drug-likeness (QED) is 0.0264. The van der Waals surface area contributed by atoms with Crippen LogP contribution >= 0.6 is 7.82 Å². The molecule has 0 aliphatic rings. The largest absolute Gasteiger partial charge is 0.472 e. The first-order chi connectivity index (χ1) is 34.8. The van der Waals surface area contributed by atoms with Crippen LogP contribution in [0.2, 0.25) is 0 Å². The Labute approximate surface area is 438 Å². The van der Waals surface area contributed by atoms with Crippen LogP contribution in [-0.2, 0) is 32.7 Å². The van der Waals surface area contributed by atoms with Crippen molar-refractivity contribution in [1.29, 1.82) is 0 Å². The van der Waals surface area contributed by atoms with Gasteiger partial charge in [-0.15, -0.1) is 0 Å². The Balaban J connectivity index is 3.95. The summed E-state index contributed by atoms with van der Waals surface area (Å²) in [4.78, 5) is 35.2. The predicted molar refractivity (Wildman–Crippen MR) is 303 cm³/mol. The van der Waals surface area contributed by atoms with Crippen LogP contribution in [0.4, 0.5) is 0 Å². The second kappa shape index (κ2) is 57.3. The molecule has 0 rings (SSSR count). The van der Waals surface area contributed by atoms with Crippen LogP contribution in [0.15, 0.2) is 48.6 Å². The molecule has 0 heterocycles. The van der Waals surface area contributed by atoms with E-state index in [1.54, 1.807) is 0 Å².